The Labute approximate surface area is 235 Å². The number of amides is 3. The molecule has 0 radical (unpaired) electrons. The number of carbonyl (C=O) groups excluding carboxylic acids is 3. The molecular weight excluding hydrogens is 510 g/mol. The number of likely N-dealkylation sites (tertiary alicyclic amines) is 1. The van der Waals surface area contributed by atoms with Crippen LogP contribution in [-0.2, 0) is 19.1 Å². The number of carbonyl (C=O) groups is 3. The minimum absolute atomic E-state index is 0.00250. The molecule has 8 atom stereocenters. The van der Waals surface area contributed by atoms with Crippen molar-refractivity contribution in [1.29, 1.82) is 0 Å². The Kier molecular flexibility index (Phi) is 7.29. The molecule has 2 saturated heterocycles. The summed E-state index contributed by atoms with van der Waals surface area (Å²) in [6, 6.07) is 7.06. The third-order valence-electron chi connectivity index (χ3n) is 10.2. The van der Waals surface area contributed by atoms with Gasteiger partial charge in [0, 0.05) is 22.7 Å². The summed E-state index contributed by atoms with van der Waals surface area (Å²) < 4.78 is 6.56. The van der Waals surface area contributed by atoms with Gasteiger partial charge < -0.3 is 20.3 Å². The van der Waals surface area contributed by atoms with Gasteiger partial charge in [0.25, 0.3) is 0 Å². The molecule has 0 aromatic heterocycles. The molecule has 1 aromatic carbocycles. The van der Waals surface area contributed by atoms with Gasteiger partial charge in [-0.15, -0.1) is 11.8 Å². The van der Waals surface area contributed by atoms with Crippen molar-refractivity contribution in [3.63, 3.8) is 0 Å². The van der Waals surface area contributed by atoms with E-state index in [1.165, 1.54) is 6.42 Å². The summed E-state index contributed by atoms with van der Waals surface area (Å²) in [4.78, 5) is 45.2. The molecule has 1 spiro atoms. The molecule has 3 heterocycles. The lowest BCUT2D eigenvalue weighted by Gasteiger charge is -2.40. The van der Waals surface area contributed by atoms with E-state index in [1.807, 2.05) is 47.6 Å². The zero-order valence-corrected chi connectivity index (χ0v) is 24.0. The first kappa shape index (κ1) is 26.9. The highest BCUT2D eigenvalue weighted by molar-refractivity contribution is 7.98. The summed E-state index contributed by atoms with van der Waals surface area (Å²) in [5.41, 5.74) is -0.396. The Morgan fingerprint density at radius 3 is 2.62 bits per heavy atom. The maximum Gasteiger partial charge on any atom is 0.246 e. The van der Waals surface area contributed by atoms with Gasteiger partial charge >= 0.3 is 0 Å². The van der Waals surface area contributed by atoms with Crippen molar-refractivity contribution in [2.75, 3.05) is 11.6 Å². The van der Waals surface area contributed by atoms with Crippen molar-refractivity contribution < 1.29 is 19.1 Å². The van der Waals surface area contributed by atoms with Gasteiger partial charge in [-0.3, -0.25) is 14.4 Å². The molecule has 2 bridgehead atoms. The largest absolute Gasteiger partial charge is 0.359 e. The van der Waals surface area contributed by atoms with E-state index in [4.69, 9.17) is 4.74 Å². The lowest BCUT2D eigenvalue weighted by atomic mass is 9.73. The Hall–Kier alpha value is -2.32. The zero-order valence-electron chi connectivity index (χ0n) is 23.2. The number of anilines is 1. The highest BCUT2D eigenvalue weighted by Crippen LogP contribution is 2.56. The summed E-state index contributed by atoms with van der Waals surface area (Å²) in [6.07, 6.45) is 13.6. The molecule has 1 aromatic rings. The molecule has 7 nitrogen and oxygen atoms in total. The number of benzene rings is 1. The molecule has 210 valence electrons. The summed E-state index contributed by atoms with van der Waals surface area (Å²) in [6.45, 7) is 4.48. The number of hydrogen-bond donors (Lipinski definition) is 2. The third-order valence-corrected chi connectivity index (χ3v) is 10.9. The van der Waals surface area contributed by atoms with Crippen molar-refractivity contribution >= 4 is 35.2 Å². The van der Waals surface area contributed by atoms with Crippen molar-refractivity contribution in [1.82, 2.24) is 10.2 Å². The van der Waals surface area contributed by atoms with Gasteiger partial charge in [-0.25, -0.2) is 0 Å². The molecule has 5 aliphatic rings. The molecule has 3 aliphatic heterocycles. The van der Waals surface area contributed by atoms with Crippen LogP contribution in [0.15, 0.2) is 41.3 Å². The topological polar surface area (TPSA) is 87.7 Å². The molecule has 2 N–H and O–H groups in total. The summed E-state index contributed by atoms with van der Waals surface area (Å²) in [7, 11) is 0. The molecule has 6 unspecified atom stereocenters. The minimum Gasteiger partial charge on any atom is -0.359 e. The van der Waals surface area contributed by atoms with Crippen LogP contribution in [0, 0.1) is 23.7 Å². The van der Waals surface area contributed by atoms with Crippen molar-refractivity contribution in [2.24, 2.45) is 23.7 Å². The first-order valence-corrected chi connectivity index (χ1v) is 16.0. The molecule has 8 heteroatoms. The zero-order chi connectivity index (χ0) is 27.3. The maximum absolute atomic E-state index is 14.3. The predicted octanol–water partition coefficient (Wildman–Crippen LogP) is 4.77. The van der Waals surface area contributed by atoms with E-state index >= 15 is 0 Å². The standard InChI is InChI=1S/C31H41N3O4S/c1-18-9-7-14-23(19(18)2)33-29(36)27-31-16-15-24(38-31)25(28(35)32-20-10-8-13-22(17-20)39-3)26(31)30(37)34(27)21-11-5-4-6-12-21/h8,10,13,15-19,21,23-27H,4-7,9,11-12,14H2,1-3H3,(H,32,35)(H,33,36)/t18?,19?,23?,24-,25?,26-,27?,31?/m0/s1. The van der Waals surface area contributed by atoms with Crippen LogP contribution in [0.2, 0.25) is 0 Å². The van der Waals surface area contributed by atoms with Crippen LogP contribution in [0.5, 0.6) is 0 Å². The summed E-state index contributed by atoms with van der Waals surface area (Å²) in [5, 5.41) is 6.42. The Bertz CT molecular complexity index is 1170. The average molecular weight is 552 g/mol. The predicted molar refractivity (Wildman–Crippen MR) is 152 cm³/mol. The molecule has 6 rings (SSSR count). The SMILES string of the molecule is CSc1cccc(NC(=O)C2[C@@H]3C=CC4(O3)C(C(=O)NC3CCCC(C)C3C)N(C3CCCCC3)C(=O)[C@H]24)c1. The number of nitrogens with zero attached hydrogens (tertiary/aromatic N) is 1. The first-order valence-electron chi connectivity index (χ1n) is 14.8. The number of thioether (sulfide) groups is 1. The van der Waals surface area contributed by atoms with Crippen LogP contribution >= 0.6 is 11.8 Å². The van der Waals surface area contributed by atoms with E-state index in [9.17, 15) is 14.4 Å². The lowest BCUT2D eigenvalue weighted by molar-refractivity contribution is -0.145. The number of nitrogens with one attached hydrogen (secondary N) is 2. The van der Waals surface area contributed by atoms with E-state index in [0.29, 0.717) is 17.5 Å². The van der Waals surface area contributed by atoms with Crippen molar-refractivity contribution in [3.05, 3.63) is 36.4 Å². The van der Waals surface area contributed by atoms with Gasteiger partial charge in [-0.1, -0.05) is 64.2 Å². The third kappa shape index (κ3) is 4.51. The van der Waals surface area contributed by atoms with Crippen LogP contribution in [0.3, 0.4) is 0 Å². The van der Waals surface area contributed by atoms with E-state index in [0.717, 1.165) is 49.8 Å². The fourth-order valence-corrected chi connectivity index (χ4v) is 8.39. The van der Waals surface area contributed by atoms with Gasteiger partial charge in [-0.2, -0.15) is 0 Å². The van der Waals surface area contributed by atoms with E-state index in [2.05, 4.69) is 24.5 Å². The lowest BCUT2D eigenvalue weighted by Crippen LogP contribution is -2.59. The smallest absolute Gasteiger partial charge is 0.246 e. The second kappa shape index (κ2) is 10.6. The van der Waals surface area contributed by atoms with Gasteiger partial charge in [-0.05, 0) is 55.6 Å². The van der Waals surface area contributed by atoms with Crippen molar-refractivity contribution in [2.45, 2.75) is 99.9 Å². The Morgan fingerprint density at radius 2 is 1.85 bits per heavy atom. The first-order chi connectivity index (χ1) is 18.8. The highest BCUT2D eigenvalue weighted by atomic mass is 32.2. The summed E-state index contributed by atoms with van der Waals surface area (Å²) in [5.74, 6) is -0.885. The fourth-order valence-electron chi connectivity index (χ4n) is 7.93. The van der Waals surface area contributed by atoms with Crippen LogP contribution in [0.25, 0.3) is 0 Å². The molecule has 39 heavy (non-hydrogen) atoms. The highest BCUT2D eigenvalue weighted by Gasteiger charge is 2.73. The average Bonchev–Trinajstić information content (AvgIpc) is 3.59. The molecule has 2 saturated carbocycles. The number of ether oxygens (including phenoxy) is 1. The van der Waals surface area contributed by atoms with Gasteiger partial charge in [0.1, 0.15) is 11.6 Å². The van der Waals surface area contributed by atoms with Crippen LogP contribution in [0.1, 0.15) is 65.2 Å². The second-order valence-corrected chi connectivity index (χ2v) is 13.2. The molecule has 3 amide bonds. The molecule has 4 fully saturated rings. The number of hydrogen-bond acceptors (Lipinski definition) is 5. The molecule has 2 aliphatic carbocycles. The maximum atomic E-state index is 14.3. The van der Waals surface area contributed by atoms with Crippen LogP contribution in [-0.4, -0.2) is 58.7 Å². The van der Waals surface area contributed by atoms with Gasteiger partial charge in [0.15, 0.2) is 0 Å². The Morgan fingerprint density at radius 1 is 1.05 bits per heavy atom. The second-order valence-electron chi connectivity index (χ2n) is 12.3. The number of rotatable bonds is 6. The van der Waals surface area contributed by atoms with E-state index < -0.39 is 29.6 Å². The molecular formula is C31H41N3O4S. The van der Waals surface area contributed by atoms with Crippen molar-refractivity contribution in [3.8, 4) is 0 Å². The van der Waals surface area contributed by atoms with Crippen LogP contribution in [0.4, 0.5) is 5.69 Å². The van der Waals surface area contributed by atoms with Gasteiger partial charge in [0.2, 0.25) is 17.7 Å². The quantitative estimate of drug-likeness (QED) is 0.393. The van der Waals surface area contributed by atoms with Crippen LogP contribution < -0.4 is 10.6 Å². The monoisotopic (exact) mass is 551 g/mol. The number of fused-ring (bicyclic) bond motifs is 1. The Balaban J connectivity index is 1.31. The van der Waals surface area contributed by atoms with Gasteiger partial charge in [0.05, 0.1) is 17.9 Å². The van der Waals surface area contributed by atoms with E-state index in [-0.39, 0.29) is 29.8 Å². The van der Waals surface area contributed by atoms with E-state index in [1.54, 1.807) is 11.8 Å². The minimum atomic E-state index is -1.10. The fraction of sp³-hybridized carbons (Fsp3) is 0.645. The summed E-state index contributed by atoms with van der Waals surface area (Å²) >= 11 is 1.61. The normalized spacial score (nSPS) is 37.7.